The number of hydrazine groups is 1. The number of halogens is 6. The zero-order chi connectivity index (χ0) is 21.7. The van der Waals surface area contributed by atoms with Crippen LogP contribution < -0.4 is 15.2 Å². The van der Waals surface area contributed by atoms with E-state index >= 15 is 0 Å². The zero-order valence-corrected chi connectivity index (χ0v) is 19.4. The predicted octanol–water partition coefficient (Wildman–Crippen LogP) is 5.64. The first-order chi connectivity index (χ1) is 12.7. The van der Waals surface area contributed by atoms with Gasteiger partial charge in [0.1, 0.15) is 19.0 Å². The normalized spacial score (nSPS) is 11.6. The lowest BCUT2D eigenvalue weighted by molar-refractivity contribution is 0.135. The number of carbonyl (C=O) groups excluding carboxylic acids is 2. The quantitative estimate of drug-likeness (QED) is 0.414. The first kappa shape index (κ1) is 25.3. The number of nitrogens with one attached hydrogen (secondary N) is 1. The lowest BCUT2D eigenvalue weighted by Gasteiger charge is -2.25. The molecule has 1 rings (SSSR count). The minimum Gasteiger partial charge on any atom is -0.496 e. The number of amides is 2. The maximum atomic E-state index is 12.5. The van der Waals surface area contributed by atoms with Crippen molar-refractivity contribution in [2.75, 3.05) is 25.3 Å². The molecule has 0 aliphatic carbocycles. The van der Waals surface area contributed by atoms with Gasteiger partial charge in [-0.15, -0.1) is 0 Å². The molecule has 0 unspecified atom stereocenters. The number of rotatable bonds is 4. The molecular weight excluding hydrogens is 501 g/mol. The van der Waals surface area contributed by atoms with Crippen LogP contribution in [0.5, 0.6) is 5.75 Å². The molecule has 0 aromatic heterocycles. The number of aryl methyl sites for hydroxylation is 2. The summed E-state index contributed by atoms with van der Waals surface area (Å²) in [6.45, 7) is 2.38. The first-order valence-corrected chi connectivity index (χ1v) is 9.69. The van der Waals surface area contributed by atoms with Crippen molar-refractivity contribution in [1.29, 1.82) is 0 Å². The predicted molar refractivity (Wildman–Crippen MR) is 111 cm³/mol. The lowest BCUT2D eigenvalue weighted by Crippen LogP contribution is -2.48. The average molecular weight is 517 g/mol. The largest absolute Gasteiger partial charge is 0.496 e. The Hall–Kier alpha value is -0.700. The molecule has 0 saturated carbocycles. The Labute approximate surface area is 191 Å². The van der Waals surface area contributed by atoms with Gasteiger partial charge in [0.05, 0.1) is 12.8 Å². The van der Waals surface area contributed by atoms with Crippen molar-refractivity contribution in [3.8, 4) is 5.75 Å². The van der Waals surface area contributed by atoms with Crippen molar-refractivity contribution in [3.05, 3.63) is 23.3 Å². The van der Waals surface area contributed by atoms with E-state index in [1.807, 2.05) is 0 Å². The molecular formula is C15H16Cl6N2O5. The van der Waals surface area contributed by atoms with E-state index in [4.69, 9.17) is 83.8 Å². The number of anilines is 1. The third kappa shape index (κ3) is 8.76. The van der Waals surface area contributed by atoms with Gasteiger partial charge >= 0.3 is 12.2 Å². The highest BCUT2D eigenvalue weighted by Crippen LogP contribution is 2.30. The van der Waals surface area contributed by atoms with Crippen molar-refractivity contribution in [1.82, 2.24) is 5.43 Å². The van der Waals surface area contributed by atoms with Crippen LogP contribution in [0, 0.1) is 13.8 Å². The monoisotopic (exact) mass is 514 g/mol. The molecule has 0 bridgehead atoms. The van der Waals surface area contributed by atoms with Gasteiger partial charge < -0.3 is 14.2 Å². The van der Waals surface area contributed by atoms with Crippen LogP contribution in [0.1, 0.15) is 11.1 Å². The molecule has 1 aromatic rings. The number of nitrogens with zero attached hydrogens (tertiary/aromatic N) is 1. The maximum Gasteiger partial charge on any atom is 0.433 e. The molecule has 158 valence electrons. The fourth-order valence-electron chi connectivity index (χ4n) is 2.07. The molecule has 1 aromatic carbocycles. The minimum absolute atomic E-state index is 0.232. The smallest absolute Gasteiger partial charge is 0.433 e. The lowest BCUT2D eigenvalue weighted by atomic mass is 10.1. The second-order valence-corrected chi connectivity index (χ2v) is 10.5. The summed E-state index contributed by atoms with van der Waals surface area (Å²) in [5.41, 5.74) is 3.79. The summed E-state index contributed by atoms with van der Waals surface area (Å²) in [5, 5.41) is 0.760. The Morgan fingerprint density at radius 1 is 0.964 bits per heavy atom. The number of hydrogen-bond acceptors (Lipinski definition) is 5. The average Bonchev–Trinajstić information content (AvgIpc) is 2.54. The van der Waals surface area contributed by atoms with Crippen LogP contribution in [-0.2, 0) is 9.47 Å². The Kier molecular flexibility index (Phi) is 9.38. The topological polar surface area (TPSA) is 77.1 Å². The summed E-state index contributed by atoms with van der Waals surface area (Å²) >= 11 is 33.4. The van der Waals surface area contributed by atoms with Crippen LogP contribution in [-0.4, -0.2) is 40.1 Å². The van der Waals surface area contributed by atoms with Crippen LogP contribution in [0.2, 0.25) is 0 Å². The summed E-state index contributed by atoms with van der Waals surface area (Å²) < 4.78 is 11.3. The van der Waals surface area contributed by atoms with E-state index in [2.05, 4.69) is 5.43 Å². The molecule has 0 atom stereocenters. The Morgan fingerprint density at radius 2 is 1.43 bits per heavy atom. The molecule has 1 N–H and O–H groups in total. The van der Waals surface area contributed by atoms with E-state index < -0.39 is 33.0 Å². The Bertz CT molecular complexity index is 697. The van der Waals surface area contributed by atoms with Crippen LogP contribution >= 0.6 is 69.6 Å². The summed E-state index contributed by atoms with van der Waals surface area (Å²) in [5.74, 6) is 0.608. The minimum atomic E-state index is -1.84. The zero-order valence-electron chi connectivity index (χ0n) is 14.8. The van der Waals surface area contributed by atoms with Gasteiger partial charge in [0.25, 0.3) is 0 Å². The number of carbonyl (C=O) groups is 2. The molecule has 7 nitrogen and oxygen atoms in total. The van der Waals surface area contributed by atoms with Gasteiger partial charge in [-0.2, -0.15) is 5.01 Å². The van der Waals surface area contributed by atoms with Crippen molar-refractivity contribution >= 4 is 87.5 Å². The molecule has 28 heavy (non-hydrogen) atoms. The number of ether oxygens (including phenoxy) is 3. The molecule has 2 amide bonds. The molecule has 0 saturated heterocycles. The highest BCUT2D eigenvalue weighted by molar-refractivity contribution is 6.68. The van der Waals surface area contributed by atoms with Crippen molar-refractivity contribution in [2.24, 2.45) is 0 Å². The van der Waals surface area contributed by atoms with Crippen LogP contribution in [0.15, 0.2) is 12.1 Å². The highest BCUT2D eigenvalue weighted by Gasteiger charge is 2.28. The summed E-state index contributed by atoms with van der Waals surface area (Å²) in [4.78, 5) is 24.5. The SMILES string of the molecule is COc1c(C)cc(N(NC(=O)OCC(Cl)(Cl)Cl)C(=O)OCC(Cl)(Cl)Cl)cc1C. The second kappa shape index (κ2) is 10.4. The molecule has 0 aliphatic rings. The van der Waals surface area contributed by atoms with Crippen molar-refractivity contribution in [3.63, 3.8) is 0 Å². The standard InChI is InChI=1S/C15H16Cl6N2O5/c1-8-4-10(5-9(2)11(8)26-3)23(13(25)28-7-15(19,20)21)22-12(24)27-6-14(16,17)18/h4-5H,6-7H2,1-3H3,(H,22,24). The highest BCUT2D eigenvalue weighted by atomic mass is 35.6. The van der Waals surface area contributed by atoms with Crippen molar-refractivity contribution in [2.45, 2.75) is 21.4 Å². The number of methoxy groups -OCH3 is 1. The molecule has 0 fully saturated rings. The molecule has 13 heteroatoms. The summed E-state index contributed by atoms with van der Waals surface area (Å²) in [6, 6.07) is 3.13. The first-order valence-electron chi connectivity index (χ1n) is 7.42. The fraction of sp³-hybridized carbons (Fsp3) is 0.467. The van der Waals surface area contributed by atoms with Crippen LogP contribution in [0.3, 0.4) is 0 Å². The number of benzene rings is 1. The second-order valence-electron chi connectivity index (χ2n) is 5.42. The fourth-order valence-corrected chi connectivity index (χ4v) is 2.40. The van der Waals surface area contributed by atoms with Gasteiger partial charge in [-0.1, -0.05) is 69.6 Å². The third-order valence-corrected chi connectivity index (χ3v) is 3.67. The summed E-state index contributed by atoms with van der Waals surface area (Å²) in [7, 11) is 1.51. The number of hydrogen-bond donors (Lipinski definition) is 1. The van der Waals surface area contributed by atoms with E-state index in [0.717, 1.165) is 5.01 Å². The van der Waals surface area contributed by atoms with Crippen LogP contribution in [0.25, 0.3) is 0 Å². The van der Waals surface area contributed by atoms with Crippen LogP contribution in [0.4, 0.5) is 15.3 Å². The van der Waals surface area contributed by atoms with Gasteiger partial charge in [0.2, 0.25) is 7.59 Å². The van der Waals surface area contributed by atoms with Crippen molar-refractivity contribution < 1.29 is 23.8 Å². The van der Waals surface area contributed by atoms with Gasteiger partial charge in [-0.05, 0) is 37.1 Å². The van der Waals surface area contributed by atoms with E-state index in [0.29, 0.717) is 16.9 Å². The van der Waals surface area contributed by atoms with Gasteiger partial charge in [0.15, 0.2) is 0 Å². The number of alkyl halides is 6. The van der Waals surface area contributed by atoms with Gasteiger partial charge in [-0.3, -0.25) is 0 Å². The van der Waals surface area contributed by atoms with E-state index in [9.17, 15) is 9.59 Å². The molecule has 0 radical (unpaired) electrons. The Balaban J connectivity index is 3.10. The van der Waals surface area contributed by atoms with Gasteiger partial charge in [-0.25, -0.2) is 15.0 Å². The van der Waals surface area contributed by atoms with Gasteiger partial charge in [0, 0.05) is 0 Å². The Morgan fingerprint density at radius 3 is 1.86 bits per heavy atom. The van der Waals surface area contributed by atoms with E-state index in [-0.39, 0.29) is 5.69 Å². The van der Waals surface area contributed by atoms with E-state index in [1.54, 1.807) is 26.0 Å². The third-order valence-electron chi connectivity index (χ3n) is 3.02. The van der Waals surface area contributed by atoms with E-state index in [1.165, 1.54) is 7.11 Å². The molecule has 0 heterocycles. The molecule has 0 aliphatic heterocycles. The summed E-state index contributed by atoms with van der Waals surface area (Å²) in [6.07, 6.45) is -2.12. The maximum absolute atomic E-state index is 12.5. The molecule has 0 spiro atoms.